The summed E-state index contributed by atoms with van der Waals surface area (Å²) >= 11 is 0. The molecule has 3 nitrogen and oxygen atoms in total. The first-order chi connectivity index (χ1) is 10.1. The topological polar surface area (TPSA) is 49.3 Å². The molecule has 1 atom stereocenters. The quantitative estimate of drug-likeness (QED) is 0.856. The van der Waals surface area contributed by atoms with Crippen LogP contribution in [0.15, 0.2) is 54.6 Å². The molecule has 0 heterocycles. The van der Waals surface area contributed by atoms with E-state index in [-0.39, 0.29) is 17.7 Å². The lowest BCUT2D eigenvalue weighted by atomic mass is 10.1. The van der Waals surface area contributed by atoms with Crippen LogP contribution in [0.4, 0.5) is 0 Å². The third kappa shape index (κ3) is 5.30. The van der Waals surface area contributed by atoms with Crippen molar-refractivity contribution in [1.82, 2.24) is 5.32 Å². The molecule has 0 saturated carbocycles. The zero-order valence-electron chi connectivity index (χ0n) is 12.3. The van der Waals surface area contributed by atoms with Gasteiger partial charge in [-0.2, -0.15) is 0 Å². The number of aromatic hydroxyl groups is 1. The summed E-state index contributed by atoms with van der Waals surface area (Å²) in [6.07, 6.45) is 2.16. The molecule has 2 N–H and O–H groups in total. The van der Waals surface area contributed by atoms with Gasteiger partial charge in [0.2, 0.25) is 5.91 Å². The Morgan fingerprint density at radius 1 is 1.10 bits per heavy atom. The molecule has 3 heteroatoms. The molecule has 21 heavy (non-hydrogen) atoms. The molecule has 110 valence electrons. The Morgan fingerprint density at radius 3 is 2.52 bits per heavy atom. The summed E-state index contributed by atoms with van der Waals surface area (Å²) < 4.78 is 0. The van der Waals surface area contributed by atoms with Crippen molar-refractivity contribution in [3.63, 3.8) is 0 Å². The molecule has 0 fully saturated rings. The van der Waals surface area contributed by atoms with E-state index in [1.807, 2.05) is 31.2 Å². The van der Waals surface area contributed by atoms with E-state index in [2.05, 4.69) is 17.4 Å². The fourth-order valence-corrected chi connectivity index (χ4v) is 2.28. The van der Waals surface area contributed by atoms with E-state index in [1.165, 1.54) is 5.56 Å². The highest BCUT2D eigenvalue weighted by Crippen LogP contribution is 2.11. The number of phenolic OH excluding ortho intramolecular Hbond substituents is 1. The van der Waals surface area contributed by atoms with Crippen molar-refractivity contribution in [2.75, 3.05) is 0 Å². The minimum atomic E-state index is -0.0128. The number of amides is 1. The van der Waals surface area contributed by atoms with E-state index in [9.17, 15) is 9.90 Å². The van der Waals surface area contributed by atoms with Gasteiger partial charge in [-0.05, 0) is 43.0 Å². The Bertz CT molecular complexity index is 581. The van der Waals surface area contributed by atoms with Crippen LogP contribution < -0.4 is 5.32 Å². The lowest BCUT2D eigenvalue weighted by Crippen LogP contribution is -2.34. The van der Waals surface area contributed by atoms with Gasteiger partial charge in [0.1, 0.15) is 5.75 Å². The first-order valence-corrected chi connectivity index (χ1v) is 7.24. The van der Waals surface area contributed by atoms with Crippen LogP contribution in [-0.4, -0.2) is 17.1 Å². The number of phenols is 1. The van der Waals surface area contributed by atoms with Crippen molar-refractivity contribution in [3.05, 3.63) is 65.7 Å². The van der Waals surface area contributed by atoms with Gasteiger partial charge < -0.3 is 10.4 Å². The molecule has 0 bridgehead atoms. The molecule has 1 unspecified atom stereocenters. The van der Waals surface area contributed by atoms with E-state index < -0.39 is 0 Å². The molecule has 0 aliphatic heterocycles. The fourth-order valence-electron chi connectivity index (χ4n) is 2.28. The molecular weight excluding hydrogens is 262 g/mol. The van der Waals surface area contributed by atoms with Crippen LogP contribution in [-0.2, 0) is 17.6 Å². The predicted octanol–water partition coefficient (Wildman–Crippen LogP) is 3.07. The van der Waals surface area contributed by atoms with Gasteiger partial charge in [-0.1, -0.05) is 42.5 Å². The van der Waals surface area contributed by atoms with E-state index in [0.29, 0.717) is 6.42 Å². The van der Waals surface area contributed by atoms with Gasteiger partial charge in [-0.15, -0.1) is 0 Å². The first-order valence-electron chi connectivity index (χ1n) is 7.24. The predicted molar refractivity (Wildman–Crippen MR) is 84.2 cm³/mol. The second-order valence-corrected chi connectivity index (χ2v) is 5.34. The number of aryl methyl sites for hydroxylation is 1. The average molecular weight is 283 g/mol. The zero-order valence-corrected chi connectivity index (χ0v) is 12.3. The number of hydrogen-bond acceptors (Lipinski definition) is 2. The number of benzene rings is 2. The SMILES string of the molecule is CC(CCc1ccccc1)NC(=O)Cc1cccc(O)c1. The second-order valence-electron chi connectivity index (χ2n) is 5.34. The monoisotopic (exact) mass is 283 g/mol. The summed E-state index contributed by atoms with van der Waals surface area (Å²) in [4.78, 5) is 12.0. The zero-order chi connectivity index (χ0) is 15.1. The standard InChI is InChI=1S/C18H21NO2/c1-14(10-11-15-6-3-2-4-7-15)19-18(21)13-16-8-5-9-17(20)12-16/h2-9,12,14,20H,10-11,13H2,1H3,(H,19,21). The summed E-state index contributed by atoms with van der Waals surface area (Å²) in [5.41, 5.74) is 2.11. The van der Waals surface area contributed by atoms with Gasteiger partial charge in [-0.3, -0.25) is 4.79 Å². The van der Waals surface area contributed by atoms with Crippen molar-refractivity contribution in [2.24, 2.45) is 0 Å². The number of rotatable bonds is 6. The molecule has 2 rings (SSSR count). The molecular formula is C18H21NO2. The van der Waals surface area contributed by atoms with E-state index in [0.717, 1.165) is 18.4 Å². The van der Waals surface area contributed by atoms with Gasteiger partial charge >= 0.3 is 0 Å². The number of nitrogens with one attached hydrogen (secondary N) is 1. The lowest BCUT2D eigenvalue weighted by molar-refractivity contribution is -0.121. The van der Waals surface area contributed by atoms with Crippen molar-refractivity contribution in [1.29, 1.82) is 0 Å². The van der Waals surface area contributed by atoms with E-state index in [4.69, 9.17) is 0 Å². The Labute approximate surface area is 125 Å². The third-order valence-corrected chi connectivity index (χ3v) is 3.39. The van der Waals surface area contributed by atoms with Gasteiger partial charge in [-0.25, -0.2) is 0 Å². The summed E-state index contributed by atoms with van der Waals surface area (Å²) in [5.74, 6) is 0.179. The number of hydrogen-bond donors (Lipinski definition) is 2. The second kappa shape index (κ2) is 7.48. The number of carbonyl (C=O) groups is 1. The average Bonchev–Trinajstić information content (AvgIpc) is 2.46. The molecule has 0 radical (unpaired) electrons. The van der Waals surface area contributed by atoms with Gasteiger partial charge in [0.15, 0.2) is 0 Å². The maximum absolute atomic E-state index is 12.0. The van der Waals surface area contributed by atoms with Gasteiger partial charge in [0.25, 0.3) is 0 Å². The van der Waals surface area contributed by atoms with Crippen molar-refractivity contribution >= 4 is 5.91 Å². The van der Waals surface area contributed by atoms with Crippen molar-refractivity contribution in [3.8, 4) is 5.75 Å². The van der Waals surface area contributed by atoms with Crippen LogP contribution in [0.25, 0.3) is 0 Å². The largest absolute Gasteiger partial charge is 0.508 e. The van der Waals surface area contributed by atoms with Crippen LogP contribution in [0.5, 0.6) is 5.75 Å². The molecule has 2 aromatic carbocycles. The third-order valence-electron chi connectivity index (χ3n) is 3.39. The molecule has 0 spiro atoms. The van der Waals surface area contributed by atoms with E-state index in [1.54, 1.807) is 18.2 Å². The summed E-state index contributed by atoms with van der Waals surface area (Å²) in [6.45, 7) is 2.02. The van der Waals surface area contributed by atoms with Gasteiger partial charge in [0, 0.05) is 6.04 Å². The molecule has 0 aromatic heterocycles. The van der Waals surface area contributed by atoms with Crippen LogP contribution >= 0.6 is 0 Å². The Morgan fingerprint density at radius 2 is 1.81 bits per heavy atom. The molecule has 2 aromatic rings. The van der Waals surface area contributed by atoms with Gasteiger partial charge in [0.05, 0.1) is 6.42 Å². The highest BCUT2D eigenvalue weighted by molar-refractivity contribution is 5.78. The smallest absolute Gasteiger partial charge is 0.224 e. The minimum absolute atomic E-state index is 0.0128. The maximum Gasteiger partial charge on any atom is 0.224 e. The van der Waals surface area contributed by atoms with Crippen molar-refractivity contribution in [2.45, 2.75) is 32.2 Å². The van der Waals surface area contributed by atoms with Crippen LogP contribution in [0.2, 0.25) is 0 Å². The van der Waals surface area contributed by atoms with Crippen LogP contribution in [0.1, 0.15) is 24.5 Å². The summed E-state index contributed by atoms with van der Waals surface area (Å²) in [5, 5.41) is 12.4. The summed E-state index contributed by atoms with van der Waals surface area (Å²) in [7, 11) is 0. The highest BCUT2D eigenvalue weighted by Gasteiger charge is 2.08. The minimum Gasteiger partial charge on any atom is -0.508 e. The normalized spacial score (nSPS) is 11.9. The maximum atomic E-state index is 12.0. The Hall–Kier alpha value is -2.29. The lowest BCUT2D eigenvalue weighted by Gasteiger charge is -2.14. The molecule has 0 aliphatic rings. The summed E-state index contributed by atoms with van der Waals surface area (Å²) in [6, 6.07) is 17.2. The molecule has 1 amide bonds. The Kier molecular flexibility index (Phi) is 5.38. The fraction of sp³-hybridized carbons (Fsp3) is 0.278. The van der Waals surface area contributed by atoms with Crippen molar-refractivity contribution < 1.29 is 9.90 Å². The molecule has 0 saturated heterocycles. The highest BCUT2D eigenvalue weighted by atomic mass is 16.3. The first kappa shape index (κ1) is 15.1. The molecule has 0 aliphatic carbocycles. The van der Waals surface area contributed by atoms with Crippen LogP contribution in [0, 0.1) is 0 Å². The van der Waals surface area contributed by atoms with Crippen LogP contribution in [0.3, 0.4) is 0 Å². The number of carbonyl (C=O) groups excluding carboxylic acids is 1. The van der Waals surface area contributed by atoms with E-state index >= 15 is 0 Å². The Balaban J connectivity index is 1.77.